The predicted octanol–water partition coefficient (Wildman–Crippen LogP) is 3.96. The van der Waals surface area contributed by atoms with Crippen LogP contribution in [0.2, 0.25) is 0 Å². The van der Waals surface area contributed by atoms with Crippen LogP contribution >= 0.6 is 0 Å². The maximum Gasteiger partial charge on any atom is 0.270 e. The summed E-state index contributed by atoms with van der Waals surface area (Å²) < 4.78 is 5.99. The van der Waals surface area contributed by atoms with Gasteiger partial charge in [0, 0.05) is 36.5 Å². The second-order valence-electron chi connectivity index (χ2n) is 8.70. The van der Waals surface area contributed by atoms with Gasteiger partial charge in [0.2, 0.25) is 5.89 Å². The second kappa shape index (κ2) is 9.15. The van der Waals surface area contributed by atoms with Gasteiger partial charge in [-0.2, -0.15) is 0 Å². The minimum Gasteiger partial charge on any atom is -0.414 e. The fourth-order valence-corrected chi connectivity index (χ4v) is 4.62. The van der Waals surface area contributed by atoms with Crippen molar-refractivity contribution in [2.45, 2.75) is 45.2 Å². The standard InChI is InChI=1S/C25H29N7O/c1-16-12-17(13-27-2)9-10-20(16)24-30-31-25(33-24)22-23(26)28-14-21(29-22)18-6-5-11-32(15-18)19-7-3-4-8-19/h5-6,9-10,12,14-15,19,27H,3-4,7-8,11,13H2,1-2H3,(H2,26,28). The molecule has 0 radical (unpaired) electrons. The Morgan fingerprint density at radius 2 is 2.00 bits per heavy atom. The molecule has 0 atom stereocenters. The Kier molecular flexibility index (Phi) is 5.92. The van der Waals surface area contributed by atoms with Crippen molar-refractivity contribution in [2.24, 2.45) is 0 Å². The van der Waals surface area contributed by atoms with Crippen LogP contribution in [0.25, 0.3) is 28.6 Å². The highest BCUT2D eigenvalue weighted by atomic mass is 16.4. The van der Waals surface area contributed by atoms with E-state index in [4.69, 9.17) is 15.1 Å². The van der Waals surface area contributed by atoms with Gasteiger partial charge in [0.05, 0.1) is 11.9 Å². The number of hydrogen-bond acceptors (Lipinski definition) is 8. The van der Waals surface area contributed by atoms with E-state index in [9.17, 15) is 0 Å². The van der Waals surface area contributed by atoms with E-state index in [2.05, 4.69) is 55.9 Å². The van der Waals surface area contributed by atoms with Crippen LogP contribution in [0.3, 0.4) is 0 Å². The number of anilines is 1. The summed E-state index contributed by atoms with van der Waals surface area (Å²) in [6.45, 7) is 3.77. The second-order valence-corrected chi connectivity index (χ2v) is 8.70. The fourth-order valence-electron chi connectivity index (χ4n) is 4.62. The van der Waals surface area contributed by atoms with Crippen LogP contribution in [0.1, 0.15) is 42.5 Å². The van der Waals surface area contributed by atoms with Gasteiger partial charge < -0.3 is 20.4 Å². The zero-order valence-corrected chi connectivity index (χ0v) is 19.1. The Morgan fingerprint density at radius 1 is 1.18 bits per heavy atom. The van der Waals surface area contributed by atoms with Crippen molar-refractivity contribution in [1.29, 1.82) is 0 Å². The third-order valence-corrected chi connectivity index (χ3v) is 6.34. The number of rotatable bonds is 6. The molecule has 1 aliphatic heterocycles. The van der Waals surface area contributed by atoms with Crippen molar-refractivity contribution >= 4 is 11.4 Å². The summed E-state index contributed by atoms with van der Waals surface area (Å²) in [6, 6.07) is 6.77. The highest BCUT2D eigenvalue weighted by molar-refractivity contribution is 5.75. The third-order valence-electron chi connectivity index (χ3n) is 6.34. The first kappa shape index (κ1) is 21.3. The van der Waals surface area contributed by atoms with E-state index < -0.39 is 0 Å². The number of hydrogen-bond donors (Lipinski definition) is 2. The first-order valence-corrected chi connectivity index (χ1v) is 11.5. The number of allylic oxidation sites excluding steroid dienone is 2. The number of aromatic nitrogens is 4. The summed E-state index contributed by atoms with van der Waals surface area (Å²) in [6.07, 6.45) is 13.3. The van der Waals surface area contributed by atoms with Gasteiger partial charge in [0.1, 0.15) is 0 Å². The molecule has 2 aliphatic rings. The van der Waals surface area contributed by atoms with E-state index in [1.54, 1.807) is 6.20 Å². The molecule has 5 rings (SSSR count). The Hall–Kier alpha value is -3.52. The maximum atomic E-state index is 6.15. The largest absolute Gasteiger partial charge is 0.414 e. The number of nitrogens with two attached hydrogens (primary N) is 1. The lowest BCUT2D eigenvalue weighted by Gasteiger charge is -2.29. The smallest absolute Gasteiger partial charge is 0.270 e. The molecular weight excluding hydrogens is 414 g/mol. The Bertz CT molecular complexity index is 1210. The average molecular weight is 444 g/mol. The number of nitrogens with one attached hydrogen (secondary N) is 1. The molecule has 3 heterocycles. The monoisotopic (exact) mass is 443 g/mol. The maximum absolute atomic E-state index is 6.15. The summed E-state index contributed by atoms with van der Waals surface area (Å²) in [5, 5.41) is 11.6. The molecule has 1 aliphatic carbocycles. The summed E-state index contributed by atoms with van der Waals surface area (Å²) in [5.74, 6) is 0.973. The fraction of sp³-hybridized carbons (Fsp3) is 0.360. The van der Waals surface area contributed by atoms with Gasteiger partial charge >= 0.3 is 0 Å². The molecule has 8 nitrogen and oxygen atoms in total. The molecule has 1 fully saturated rings. The summed E-state index contributed by atoms with van der Waals surface area (Å²) >= 11 is 0. The van der Waals surface area contributed by atoms with Crippen LogP contribution in [0.15, 0.2) is 47.2 Å². The minimum absolute atomic E-state index is 0.267. The first-order valence-electron chi connectivity index (χ1n) is 11.5. The van der Waals surface area contributed by atoms with Crippen molar-refractivity contribution in [3.05, 3.63) is 59.6 Å². The molecule has 8 heteroatoms. The molecule has 0 amide bonds. The Morgan fingerprint density at radius 3 is 2.79 bits per heavy atom. The van der Waals surface area contributed by atoms with E-state index in [0.29, 0.717) is 17.6 Å². The number of benzene rings is 1. The van der Waals surface area contributed by atoms with Crippen LogP contribution in [0, 0.1) is 6.92 Å². The molecule has 0 saturated heterocycles. The molecule has 3 N–H and O–H groups in total. The SMILES string of the molecule is CNCc1ccc(-c2nnc(-c3nc(C4=CN(C5CCCC5)CC=C4)cnc3N)o2)c(C)c1. The normalized spacial score (nSPS) is 16.4. The van der Waals surface area contributed by atoms with Gasteiger partial charge in [-0.15, -0.1) is 10.2 Å². The predicted molar refractivity (Wildman–Crippen MR) is 129 cm³/mol. The average Bonchev–Trinajstić information content (AvgIpc) is 3.53. The van der Waals surface area contributed by atoms with E-state index in [0.717, 1.165) is 35.5 Å². The van der Waals surface area contributed by atoms with Gasteiger partial charge in [-0.3, -0.25) is 0 Å². The Labute approximate surface area is 193 Å². The van der Waals surface area contributed by atoms with Crippen molar-refractivity contribution in [2.75, 3.05) is 19.3 Å². The molecule has 0 bridgehead atoms. The van der Waals surface area contributed by atoms with E-state index in [1.165, 1.54) is 31.2 Å². The van der Waals surface area contributed by atoms with Crippen molar-refractivity contribution < 1.29 is 4.42 Å². The van der Waals surface area contributed by atoms with Crippen LogP contribution < -0.4 is 11.1 Å². The lowest BCUT2D eigenvalue weighted by atomic mass is 10.1. The van der Waals surface area contributed by atoms with Crippen molar-refractivity contribution in [3.8, 4) is 23.0 Å². The molecule has 170 valence electrons. The zero-order valence-electron chi connectivity index (χ0n) is 19.1. The van der Waals surface area contributed by atoms with Gasteiger partial charge in [0.25, 0.3) is 5.89 Å². The zero-order chi connectivity index (χ0) is 22.8. The molecule has 33 heavy (non-hydrogen) atoms. The minimum atomic E-state index is 0.267. The lowest BCUT2D eigenvalue weighted by molar-refractivity contribution is 0.305. The van der Waals surface area contributed by atoms with Gasteiger partial charge in [-0.05, 0) is 44.0 Å². The van der Waals surface area contributed by atoms with Crippen LogP contribution in [0.4, 0.5) is 5.82 Å². The highest BCUT2D eigenvalue weighted by Crippen LogP contribution is 2.31. The molecule has 1 saturated carbocycles. The lowest BCUT2D eigenvalue weighted by Crippen LogP contribution is -2.30. The van der Waals surface area contributed by atoms with Gasteiger partial charge in [-0.1, -0.05) is 37.1 Å². The van der Waals surface area contributed by atoms with Crippen molar-refractivity contribution in [1.82, 2.24) is 30.4 Å². The molecule has 1 aromatic carbocycles. The first-order chi connectivity index (χ1) is 16.1. The number of aryl methyl sites for hydroxylation is 1. The summed E-state index contributed by atoms with van der Waals surface area (Å²) in [7, 11) is 1.93. The van der Waals surface area contributed by atoms with E-state index >= 15 is 0 Å². The van der Waals surface area contributed by atoms with Crippen LogP contribution in [-0.4, -0.2) is 44.7 Å². The van der Waals surface area contributed by atoms with E-state index in [-0.39, 0.29) is 11.7 Å². The number of nitrogens with zero attached hydrogens (tertiary/aromatic N) is 5. The Balaban J connectivity index is 1.44. The molecule has 0 spiro atoms. The quantitative estimate of drug-likeness (QED) is 0.590. The third kappa shape index (κ3) is 4.39. The van der Waals surface area contributed by atoms with E-state index in [1.807, 2.05) is 20.0 Å². The van der Waals surface area contributed by atoms with Gasteiger partial charge in [-0.25, -0.2) is 9.97 Å². The van der Waals surface area contributed by atoms with Crippen molar-refractivity contribution in [3.63, 3.8) is 0 Å². The molecule has 3 aromatic rings. The highest BCUT2D eigenvalue weighted by Gasteiger charge is 2.23. The summed E-state index contributed by atoms with van der Waals surface area (Å²) in [5.41, 5.74) is 11.5. The summed E-state index contributed by atoms with van der Waals surface area (Å²) in [4.78, 5) is 11.5. The molecule has 0 unspecified atom stereocenters. The number of nitrogen functional groups attached to an aromatic ring is 1. The van der Waals surface area contributed by atoms with Gasteiger partial charge in [0.15, 0.2) is 11.5 Å². The topological polar surface area (TPSA) is 106 Å². The molecule has 2 aromatic heterocycles. The van der Waals surface area contributed by atoms with Crippen LogP contribution in [-0.2, 0) is 6.54 Å². The molecular formula is C25H29N7O. The van der Waals surface area contributed by atoms with Crippen LogP contribution in [0.5, 0.6) is 0 Å².